The zero-order chi connectivity index (χ0) is 13.5. The number of hydrogen-bond acceptors (Lipinski definition) is 3. The highest BCUT2D eigenvalue weighted by Gasteiger charge is 2.03. The van der Waals surface area contributed by atoms with E-state index in [-0.39, 0.29) is 5.91 Å². The zero-order valence-electron chi connectivity index (χ0n) is 11.7. The monoisotopic (exact) mass is 249 g/mol. The lowest BCUT2D eigenvalue weighted by molar-refractivity contribution is -0.119. The second kappa shape index (κ2) is 7.01. The predicted octanol–water partition coefficient (Wildman–Crippen LogP) is 1.39. The summed E-state index contributed by atoms with van der Waals surface area (Å²) in [6, 6.07) is 6.18. The Balaban J connectivity index is 2.36. The van der Waals surface area contributed by atoms with E-state index >= 15 is 0 Å². The van der Waals surface area contributed by atoms with Crippen LogP contribution in [-0.4, -0.2) is 44.5 Å². The topological polar surface area (TPSA) is 44.4 Å². The molecule has 2 N–H and O–H groups in total. The largest absolute Gasteiger partial charge is 0.376 e. The lowest BCUT2D eigenvalue weighted by Crippen LogP contribution is -2.35. The Morgan fingerprint density at radius 3 is 2.67 bits per heavy atom. The average Bonchev–Trinajstić information content (AvgIpc) is 2.30. The number of anilines is 1. The van der Waals surface area contributed by atoms with Crippen molar-refractivity contribution in [2.24, 2.45) is 0 Å². The summed E-state index contributed by atoms with van der Waals surface area (Å²) in [6.07, 6.45) is 0. The number of carbonyl (C=O) groups excluding carboxylic acids is 1. The van der Waals surface area contributed by atoms with Gasteiger partial charge in [0.15, 0.2) is 0 Å². The Bertz CT molecular complexity index is 402. The molecule has 1 aromatic rings. The summed E-state index contributed by atoms with van der Waals surface area (Å²) in [4.78, 5) is 13.6. The fourth-order valence-electron chi connectivity index (χ4n) is 1.58. The molecule has 0 aliphatic carbocycles. The van der Waals surface area contributed by atoms with E-state index in [2.05, 4.69) is 28.8 Å². The third kappa shape index (κ3) is 5.19. The number of nitrogens with zero attached hydrogens (tertiary/aromatic N) is 1. The van der Waals surface area contributed by atoms with Gasteiger partial charge in [0, 0.05) is 18.8 Å². The number of rotatable bonds is 6. The SMILES string of the molecule is Cc1ccc(C)c(NCC(=O)NCCN(C)C)c1. The minimum atomic E-state index is 0.0257. The summed E-state index contributed by atoms with van der Waals surface area (Å²) in [5.41, 5.74) is 3.37. The molecule has 0 bridgehead atoms. The van der Waals surface area contributed by atoms with Crippen LogP contribution in [0.4, 0.5) is 5.69 Å². The van der Waals surface area contributed by atoms with Gasteiger partial charge in [0.05, 0.1) is 6.54 Å². The molecule has 0 saturated carbocycles. The van der Waals surface area contributed by atoms with Crippen molar-refractivity contribution in [2.45, 2.75) is 13.8 Å². The van der Waals surface area contributed by atoms with Crippen molar-refractivity contribution in [1.82, 2.24) is 10.2 Å². The molecule has 0 atom stereocenters. The van der Waals surface area contributed by atoms with Crippen molar-refractivity contribution in [1.29, 1.82) is 0 Å². The zero-order valence-corrected chi connectivity index (χ0v) is 11.7. The molecule has 1 rings (SSSR count). The van der Waals surface area contributed by atoms with Crippen molar-refractivity contribution in [2.75, 3.05) is 39.0 Å². The van der Waals surface area contributed by atoms with Gasteiger partial charge in [-0.15, -0.1) is 0 Å². The smallest absolute Gasteiger partial charge is 0.239 e. The fourth-order valence-corrected chi connectivity index (χ4v) is 1.58. The molecular weight excluding hydrogens is 226 g/mol. The average molecular weight is 249 g/mol. The molecule has 0 fully saturated rings. The molecule has 0 aromatic heterocycles. The normalized spacial score (nSPS) is 10.5. The van der Waals surface area contributed by atoms with Crippen molar-refractivity contribution < 1.29 is 4.79 Å². The Morgan fingerprint density at radius 2 is 2.00 bits per heavy atom. The number of nitrogens with one attached hydrogen (secondary N) is 2. The molecular formula is C14H23N3O. The number of benzene rings is 1. The van der Waals surface area contributed by atoms with Crippen LogP contribution in [0.5, 0.6) is 0 Å². The molecule has 100 valence electrons. The molecule has 0 heterocycles. The summed E-state index contributed by atoms with van der Waals surface area (Å²) >= 11 is 0. The van der Waals surface area contributed by atoms with Crippen LogP contribution in [0.1, 0.15) is 11.1 Å². The van der Waals surface area contributed by atoms with E-state index in [1.807, 2.05) is 32.8 Å². The highest BCUT2D eigenvalue weighted by Crippen LogP contribution is 2.15. The second-order valence-corrected chi connectivity index (χ2v) is 4.83. The van der Waals surface area contributed by atoms with Gasteiger partial charge >= 0.3 is 0 Å². The van der Waals surface area contributed by atoms with Crippen molar-refractivity contribution in [3.63, 3.8) is 0 Å². The number of amides is 1. The van der Waals surface area contributed by atoms with E-state index < -0.39 is 0 Å². The first-order chi connectivity index (χ1) is 8.49. The van der Waals surface area contributed by atoms with Gasteiger partial charge < -0.3 is 15.5 Å². The minimum absolute atomic E-state index is 0.0257. The Morgan fingerprint density at radius 1 is 1.28 bits per heavy atom. The van der Waals surface area contributed by atoms with E-state index in [0.29, 0.717) is 13.1 Å². The predicted molar refractivity (Wildman–Crippen MR) is 76.0 cm³/mol. The molecule has 0 aliphatic rings. The number of carbonyl (C=O) groups is 1. The van der Waals surface area contributed by atoms with Gasteiger partial charge in [-0.3, -0.25) is 4.79 Å². The van der Waals surface area contributed by atoms with Crippen molar-refractivity contribution in [3.8, 4) is 0 Å². The number of likely N-dealkylation sites (N-methyl/N-ethyl adjacent to an activating group) is 1. The van der Waals surface area contributed by atoms with Gasteiger partial charge in [0.2, 0.25) is 5.91 Å². The van der Waals surface area contributed by atoms with Gasteiger partial charge in [-0.05, 0) is 45.1 Å². The Hall–Kier alpha value is -1.55. The Kier molecular flexibility index (Phi) is 5.65. The first kappa shape index (κ1) is 14.5. The first-order valence-electron chi connectivity index (χ1n) is 6.21. The van der Waals surface area contributed by atoms with Crippen LogP contribution >= 0.6 is 0 Å². The quantitative estimate of drug-likeness (QED) is 0.801. The van der Waals surface area contributed by atoms with E-state index in [0.717, 1.165) is 17.8 Å². The van der Waals surface area contributed by atoms with E-state index in [1.54, 1.807) is 0 Å². The standard InChI is InChI=1S/C14H23N3O/c1-11-5-6-12(2)13(9-11)16-10-14(18)15-7-8-17(3)4/h5-6,9,16H,7-8,10H2,1-4H3,(H,15,18). The maximum absolute atomic E-state index is 11.6. The molecule has 4 nitrogen and oxygen atoms in total. The maximum atomic E-state index is 11.6. The van der Waals surface area contributed by atoms with Gasteiger partial charge in [-0.25, -0.2) is 0 Å². The van der Waals surface area contributed by atoms with Gasteiger partial charge in [0.1, 0.15) is 0 Å². The molecule has 0 spiro atoms. The molecule has 0 aliphatic heterocycles. The molecule has 0 saturated heterocycles. The summed E-state index contributed by atoms with van der Waals surface area (Å²) in [5, 5.41) is 6.04. The van der Waals surface area contributed by atoms with Crippen molar-refractivity contribution in [3.05, 3.63) is 29.3 Å². The van der Waals surface area contributed by atoms with Crippen LogP contribution in [0.25, 0.3) is 0 Å². The molecule has 4 heteroatoms. The van der Waals surface area contributed by atoms with Crippen LogP contribution in [0.2, 0.25) is 0 Å². The summed E-state index contributed by atoms with van der Waals surface area (Å²) in [5.74, 6) is 0.0257. The Labute approximate surface area is 109 Å². The molecule has 1 aromatic carbocycles. The van der Waals surface area contributed by atoms with Gasteiger partial charge in [0.25, 0.3) is 0 Å². The van der Waals surface area contributed by atoms with E-state index in [4.69, 9.17) is 0 Å². The lowest BCUT2D eigenvalue weighted by Gasteiger charge is -2.12. The summed E-state index contributed by atoms with van der Waals surface area (Å²) in [6.45, 7) is 5.93. The van der Waals surface area contributed by atoms with Crippen LogP contribution in [-0.2, 0) is 4.79 Å². The third-order valence-electron chi connectivity index (χ3n) is 2.71. The molecule has 0 unspecified atom stereocenters. The number of aryl methyl sites for hydroxylation is 2. The maximum Gasteiger partial charge on any atom is 0.239 e. The van der Waals surface area contributed by atoms with Crippen LogP contribution in [0.3, 0.4) is 0 Å². The van der Waals surface area contributed by atoms with Gasteiger partial charge in [-0.1, -0.05) is 12.1 Å². The van der Waals surface area contributed by atoms with Crippen molar-refractivity contribution >= 4 is 11.6 Å². The summed E-state index contributed by atoms with van der Waals surface area (Å²) < 4.78 is 0. The van der Waals surface area contributed by atoms with E-state index in [9.17, 15) is 4.79 Å². The second-order valence-electron chi connectivity index (χ2n) is 4.83. The fraction of sp³-hybridized carbons (Fsp3) is 0.500. The third-order valence-corrected chi connectivity index (χ3v) is 2.71. The minimum Gasteiger partial charge on any atom is -0.376 e. The van der Waals surface area contributed by atoms with Crippen LogP contribution in [0.15, 0.2) is 18.2 Å². The molecule has 18 heavy (non-hydrogen) atoms. The summed E-state index contributed by atoms with van der Waals surface area (Å²) in [7, 11) is 3.97. The van der Waals surface area contributed by atoms with Gasteiger partial charge in [-0.2, -0.15) is 0 Å². The molecule has 0 radical (unpaired) electrons. The lowest BCUT2D eigenvalue weighted by atomic mass is 10.1. The highest BCUT2D eigenvalue weighted by molar-refractivity contribution is 5.80. The number of hydrogen-bond donors (Lipinski definition) is 2. The molecule has 1 amide bonds. The first-order valence-corrected chi connectivity index (χ1v) is 6.21. The van der Waals surface area contributed by atoms with Crippen LogP contribution < -0.4 is 10.6 Å². The highest BCUT2D eigenvalue weighted by atomic mass is 16.1. The van der Waals surface area contributed by atoms with Crippen LogP contribution in [0, 0.1) is 13.8 Å². The van der Waals surface area contributed by atoms with E-state index in [1.165, 1.54) is 5.56 Å².